The van der Waals surface area contributed by atoms with Crippen LogP contribution in [0.5, 0.6) is 5.75 Å². The number of phenols is 1. The second kappa shape index (κ2) is 9.84. The highest BCUT2D eigenvalue weighted by atomic mass is 16.3. The minimum atomic E-state index is -3.07. The van der Waals surface area contributed by atoms with Gasteiger partial charge in [0.15, 0.2) is 34.7 Å². The summed E-state index contributed by atoms with van der Waals surface area (Å²) < 4.78 is 0. The molecule has 0 spiro atoms. The molecule has 0 heterocycles. The summed E-state index contributed by atoms with van der Waals surface area (Å²) in [7, 11) is 6.20. The molecule has 3 aliphatic carbocycles. The van der Waals surface area contributed by atoms with E-state index in [2.05, 4.69) is 5.32 Å². The summed E-state index contributed by atoms with van der Waals surface area (Å²) in [6, 6.07) is 0.133. The fourth-order valence-corrected chi connectivity index (χ4v) is 6.81. The second-order valence-electron chi connectivity index (χ2n) is 11.5. The van der Waals surface area contributed by atoms with Gasteiger partial charge in [0.2, 0.25) is 11.8 Å². The van der Waals surface area contributed by atoms with Crippen molar-refractivity contribution in [3.05, 3.63) is 22.8 Å². The number of aromatic hydroxyl groups is 1. The van der Waals surface area contributed by atoms with Crippen LogP contribution >= 0.6 is 0 Å². The van der Waals surface area contributed by atoms with Crippen molar-refractivity contribution >= 4 is 40.6 Å². The van der Waals surface area contributed by atoms with E-state index < -0.39 is 88.0 Å². The number of rotatable bonds is 5. The SMILES string of the molecule is Cc1cc2c(c(O)c1NC(=O)CN(C)C)C(=O)C1C(=O)C3(O)C(=O)C(C(N)=O)C(=O)C(N(C)C)C3C(O)C1C2C. The number of phenolic OH excluding ortho intramolecular Hbond substituents is 1. The van der Waals surface area contributed by atoms with Gasteiger partial charge in [0.1, 0.15) is 5.75 Å². The molecule has 4 rings (SSSR count). The van der Waals surface area contributed by atoms with E-state index in [9.17, 15) is 44.1 Å². The molecule has 1 aromatic rings. The maximum atomic E-state index is 14.0. The number of fused-ring (bicyclic) bond motifs is 3. The van der Waals surface area contributed by atoms with Crippen LogP contribution in [0.3, 0.4) is 0 Å². The van der Waals surface area contributed by atoms with Crippen LogP contribution in [-0.2, 0) is 24.0 Å². The first-order valence-corrected chi connectivity index (χ1v) is 12.8. The molecule has 0 radical (unpaired) electrons. The monoisotopic (exact) mass is 558 g/mol. The topological polar surface area (TPSA) is 208 Å². The summed E-state index contributed by atoms with van der Waals surface area (Å²) in [6.07, 6.45) is -1.71. The average molecular weight is 559 g/mol. The van der Waals surface area contributed by atoms with Crippen molar-refractivity contribution in [3.63, 3.8) is 0 Å². The molecule has 6 N–H and O–H groups in total. The minimum absolute atomic E-state index is 0.0149. The summed E-state index contributed by atoms with van der Waals surface area (Å²) in [5, 5.41) is 37.1. The fraction of sp³-hybridized carbons (Fsp3) is 0.556. The van der Waals surface area contributed by atoms with Crippen LogP contribution in [0.4, 0.5) is 5.69 Å². The lowest BCUT2D eigenvalue weighted by Crippen LogP contribution is -2.77. The highest BCUT2D eigenvalue weighted by Crippen LogP contribution is 2.55. The van der Waals surface area contributed by atoms with Gasteiger partial charge in [-0.3, -0.25) is 33.7 Å². The van der Waals surface area contributed by atoms with Crippen molar-refractivity contribution in [2.24, 2.45) is 29.4 Å². The number of hydrogen-bond donors (Lipinski definition) is 5. The van der Waals surface area contributed by atoms with Crippen molar-refractivity contribution < 1.29 is 44.1 Å². The molecule has 3 aliphatic rings. The standard InChI is InChI=1S/C27H34N4O9/c1-9-7-11-10(2)13-15(20(33)14(11)22(35)18(9)29-12(32)8-30(3)4)24(37)27(40)17(21(13)34)19(31(5)6)23(36)16(25(27)38)26(28)39/h7,10,13,15-17,19,21,34-35,40H,8H2,1-6H3,(H2,28,39)(H,29,32). The van der Waals surface area contributed by atoms with Gasteiger partial charge in [0.05, 0.1) is 41.8 Å². The maximum Gasteiger partial charge on any atom is 0.238 e. The second-order valence-corrected chi connectivity index (χ2v) is 11.5. The number of carbonyl (C=O) groups is 6. The van der Waals surface area contributed by atoms with Gasteiger partial charge >= 0.3 is 0 Å². The molecule has 8 unspecified atom stereocenters. The molecule has 0 bridgehead atoms. The molecule has 1 aromatic carbocycles. The average Bonchev–Trinajstić information content (AvgIpc) is 2.83. The first kappa shape index (κ1) is 29.5. The molecule has 13 heteroatoms. The van der Waals surface area contributed by atoms with E-state index in [1.807, 2.05) is 0 Å². The van der Waals surface area contributed by atoms with E-state index >= 15 is 0 Å². The smallest absolute Gasteiger partial charge is 0.238 e. The van der Waals surface area contributed by atoms with Crippen LogP contribution in [-0.4, -0.2) is 113 Å². The first-order chi connectivity index (χ1) is 18.5. The summed E-state index contributed by atoms with van der Waals surface area (Å²) in [5.41, 5.74) is 2.65. The van der Waals surface area contributed by atoms with E-state index in [1.165, 1.54) is 19.0 Å². The third kappa shape index (κ3) is 3.99. The number of Topliss-reactive ketones (excluding diaryl/α,β-unsaturated/α-hetero) is 4. The van der Waals surface area contributed by atoms with Crippen molar-refractivity contribution in [2.75, 3.05) is 40.1 Å². The van der Waals surface area contributed by atoms with Crippen LogP contribution in [0.2, 0.25) is 0 Å². The number of amides is 2. The summed E-state index contributed by atoms with van der Waals surface area (Å²) in [6.45, 7) is 3.22. The number of anilines is 1. The Hall–Kier alpha value is -3.52. The highest BCUT2D eigenvalue weighted by Gasteiger charge is 2.72. The van der Waals surface area contributed by atoms with Gasteiger partial charge in [-0.25, -0.2) is 0 Å². The number of likely N-dealkylation sites (N-methyl/N-ethyl adjacent to an activating group) is 2. The number of primary amides is 1. The van der Waals surface area contributed by atoms with Gasteiger partial charge < -0.3 is 31.3 Å². The summed E-state index contributed by atoms with van der Waals surface area (Å²) in [5.74, 6) is -14.6. The molecular weight excluding hydrogens is 524 g/mol. The Labute approximate surface area is 230 Å². The number of benzene rings is 1. The number of hydrogen-bond acceptors (Lipinski definition) is 11. The zero-order valence-corrected chi connectivity index (χ0v) is 23.1. The quantitative estimate of drug-likeness (QED) is 0.201. The van der Waals surface area contributed by atoms with Gasteiger partial charge in [0, 0.05) is 5.92 Å². The first-order valence-electron chi connectivity index (χ1n) is 12.8. The van der Waals surface area contributed by atoms with Crippen LogP contribution in [0.1, 0.15) is 34.3 Å². The Morgan fingerprint density at radius 1 is 1.10 bits per heavy atom. The lowest BCUT2D eigenvalue weighted by atomic mass is 9.49. The predicted octanol–water partition coefficient (Wildman–Crippen LogP) is -1.79. The number of nitrogens with one attached hydrogen (secondary N) is 1. The number of nitrogens with two attached hydrogens (primary N) is 1. The number of aliphatic hydroxyl groups is 2. The molecule has 2 amide bonds. The van der Waals surface area contributed by atoms with Gasteiger partial charge in [-0.2, -0.15) is 0 Å². The Morgan fingerprint density at radius 3 is 2.23 bits per heavy atom. The van der Waals surface area contributed by atoms with Gasteiger partial charge in [-0.15, -0.1) is 0 Å². The lowest BCUT2D eigenvalue weighted by Gasteiger charge is -2.56. The van der Waals surface area contributed by atoms with E-state index in [0.717, 1.165) is 0 Å². The van der Waals surface area contributed by atoms with Crippen LogP contribution in [0.25, 0.3) is 0 Å². The van der Waals surface area contributed by atoms with E-state index in [4.69, 9.17) is 5.73 Å². The number of carbonyl (C=O) groups excluding carboxylic acids is 6. The number of aliphatic hydroxyl groups excluding tert-OH is 1. The van der Waals surface area contributed by atoms with E-state index in [1.54, 1.807) is 38.9 Å². The van der Waals surface area contributed by atoms with Crippen molar-refractivity contribution in [1.82, 2.24) is 9.80 Å². The molecule has 2 saturated carbocycles. The van der Waals surface area contributed by atoms with Crippen molar-refractivity contribution in [1.29, 1.82) is 0 Å². The zero-order chi connectivity index (χ0) is 30.2. The van der Waals surface area contributed by atoms with Crippen LogP contribution in [0, 0.1) is 30.6 Å². The molecule has 0 aliphatic heterocycles. The Bertz CT molecular complexity index is 1360. The Kier molecular flexibility index (Phi) is 7.25. The Morgan fingerprint density at radius 2 is 1.70 bits per heavy atom. The predicted molar refractivity (Wildman–Crippen MR) is 139 cm³/mol. The van der Waals surface area contributed by atoms with Gasteiger partial charge in [-0.05, 0) is 52.2 Å². The molecule has 216 valence electrons. The van der Waals surface area contributed by atoms with Gasteiger partial charge in [0.25, 0.3) is 0 Å². The minimum Gasteiger partial charge on any atom is -0.505 e. The molecule has 8 atom stereocenters. The number of ketones is 4. The molecule has 0 saturated heterocycles. The van der Waals surface area contributed by atoms with Gasteiger partial charge in [-0.1, -0.05) is 13.0 Å². The van der Waals surface area contributed by atoms with Crippen LogP contribution < -0.4 is 11.1 Å². The van der Waals surface area contributed by atoms with E-state index in [-0.39, 0.29) is 17.8 Å². The largest absolute Gasteiger partial charge is 0.505 e. The fourth-order valence-electron chi connectivity index (χ4n) is 6.81. The number of nitrogens with zero attached hydrogens (tertiary/aromatic N) is 2. The summed E-state index contributed by atoms with van der Waals surface area (Å²) in [4.78, 5) is 82.0. The normalized spacial score (nSPS) is 33.5. The van der Waals surface area contributed by atoms with Crippen molar-refractivity contribution in [3.8, 4) is 5.75 Å². The molecular formula is C27H34N4O9. The third-order valence-electron chi connectivity index (χ3n) is 8.53. The number of aryl methyl sites for hydroxylation is 1. The van der Waals surface area contributed by atoms with E-state index in [0.29, 0.717) is 11.1 Å². The lowest BCUT2D eigenvalue weighted by molar-refractivity contribution is -0.196. The molecule has 0 aromatic heterocycles. The third-order valence-corrected chi connectivity index (χ3v) is 8.53. The van der Waals surface area contributed by atoms with Crippen LogP contribution in [0.15, 0.2) is 6.07 Å². The van der Waals surface area contributed by atoms with Crippen molar-refractivity contribution in [2.45, 2.75) is 37.5 Å². The summed E-state index contributed by atoms with van der Waals surface area (Å²) >= 11 is 0. The maximum absolute atomic E-state index is 14.0. The molecule has 13 nitrogen and oxygen atoms in total. The Balaban J connectivity index is 1.90. The molecule has 2 fully saturated rings. The zero-order valence-electron chi connectivity index (χ0n) is 23.1. The molecule has 40 heavy (non-hydrogen) atoms. The highest BCUT2D eigenvalue weighted by molar-refractivity contribution is 6.32.